The van der Waals surface area contributed by atoms with Gasteiger partial charge in [0.05, 0.1) is 0 Å². The van der Waals surface area contributed by atoms with E-state index in [9.17, 15) is 4.39 Å². The number of aryl methyl sites for hydroxylation is 1. The molecule has 1 aromatic carbocycles. The first kappa shape index (κ1) is 13.8. The fraction of sp³-hybridized carbons (Fsp3) is 0.375. The molecule has 0 spiro atoms. The molecule has 3 heteroatoms. The van der Waals surface area contributed by atoms with E-state index in [1.54, 1.807) is 13.0 Å². The van der Waals surface area contributed by atoms with E-state index in [4.69, 9.17) is 4.42 Å². The van der Waals surface area contributed by atoms with Gasteiger partial charge in [0.15, 0.2) is 0 Å². The van der Waals surface area contributed by atoms with Crippen LogP contribution in [0.2, 0.25) is 0 Å². The standard InChI is InChI=1S/C16H20FNO/c1-4-18-12(3)10-14-6-8-16(19-14)13-5-7-15(17)11(2)9-13/h5-9,12,18H,4,10H2,1-3H3. The largest absolute Gasteiger partial charge is 0.461 e. The minimum absolute atomic E-state index is 0.184. The van der Waals surface area contributed by atoms with Crippen molar-refractivity contribution in [1.29, 1.82) is 0 Å². The maximum atomic E-state index is 13.2. The Morgan fingerprint density at radius 1 is 1.26 bits per heavy atom. The molecule has 0 saturated heterocycles. The number of hydrogen-bond donors (Lipinski definition) is 1. The van der Waals surface area contributed by atoms with Crippen molar-refractivity contribution in [1.82, 2.24) is 5.32 Å². The molecule has 0 fully saturated rings. The van der Waals surface area contributed by atoms with Gasteiger partial charge in [0.2, 0.25) is 0 Å². The molecule has 1 heterocycles. The van der Waals surface area contributed by atoms with Gasteiger partial charge in [0.1, 0.15) is 17.3 Å². The van der Waals surface area contributed by atoms with Crippen LogP contribution in [-0.2, 0) is 6.42 Å². The Bertz CT molecular complexity index is 547. The van der Waals surface area contributed by atoms with Crippen LogP contribution in [0.1, 0.15) is 25.2 Å². The summed E-state index contributed by atoms with van der Waals surface area (Å²) in [5.41, 5.74) is 1.55. The monoisotopic (exact) mass is 261 g/mol. The summed E-state index contributed by atoms with van der Waals surface area (Å²) >= 11 is 0. The van der Waals surface area contributed by atoms with Crippen molar-refractivity contribution >= 4 is 0 Å². The van der Waals surface area contributed by atoms with E-state index in [0.717, 1.165) is 30.0 Å². The Kier molecular flexibility index (Phi) is 4.38. The molecule has 1 atom stereocenters. The quantitative estimate of drug-likeness (QED) is 0.882. The van der Waals surface area contributed by atoms with Gasteiger partial charge in [-0.2, -0.15) is 0 Å². The lowest BCUT2D eigenvalue weighted by molar-refractivity contribution is 0.470. The van der Waals surface area contributed by atoms with E-state index in [1.165, 1.54) is 6.07 Å². The third-order valence-corrected chi connectivity index (χ3v) is 3.16. The highest BCUT2D eigenvalue weighted by molar-refractivity contribution is 5.58. The minimum atomic E-state index is -0.184. The van der Waals surface area contributed by atoms with E-state index < -0.39 is 0 Å². The first-order valence-corrected chi connectivity index (χ1v) is 6.68. The van der Waals surface area contributed by atoms with Crippen LogP contribution >= 0.6 is 0 Å². The molecule has 0 bridgehead atoms. The van der Waals surface area contributed by atoms with E-state index in [2.05, 4.69) is 19.2 Å². The van der Waals surface area contributed by atoms with Crippen LogP contribution in [0.5, 0.6) is 0 Å². The molecule has 1 aromatic heterocycles. The second-order valence-electron chi connectivity index (χ2n) is 4.89. The lowest BCUT2D eigenvalue weighted by Crippen LogP contribution is -2.27. The molecule has 2 nitrogen and oxygen atoms in total. The third kappa shape index (κ3) is 3.44. The predicted molar refractivity (Wildman–Crippen MR) is 75.7 cm³/mol. The lowest BCUT2D eigenvalue weighted by atomic mass is 10.1. The van der Waals surface area contributed by atoms with Crippen LogP contribution in [0.15, 0.2) is 34.7 Å². The van der Waals surface area contributed by atoms with Gasteiger partial charge < -0.3 is 9.73 Å². The molecule has 1 unspecified atom stereocenters. The second-order valence-corrected chi connectivity index (χ2v) is 4.89. The van der Waals surface area contributed by atoms with Crippen molar-refractivity contribution in [3.63, 3.8) is 0 Å². The molecule has 102 valence electrons. The van der Waals surface area contributed by atoms with Gasteiger partial charge in [-0.05, 0) is 56.3 Å². The third-order valence-electron chi connectivity index (χ3n) is 3.16. The SMILES string of the molecule is CCNC(C)Cc1ccc(-c2ccc(F)c(C)c2)o1. The molecule has 0 aliphatic carbocycles. The zero-order valence-corrected chi connectivity index (χ0v) is 11.7. The van der Waals surface area contributed by atoms with Crippen molar-refractivity contribution in [2.75, 3.05) is 6.54 Å². The molecule has 0 aliphatic rings. The second kappa shape index (κ2) is 6.02. The first-order valence-electron chi connectivity index (χ1n) is 6.68. The van der Waals surface area contributed by atoms with Gasteiger partial charge in [-0.1, -0.05) is 6.92 Å². The summed E-state index contributed by atoms with van der Waals surface area (Å²) in [5, 5.41) is 3.35. The van der Waals surface area contributed by atoms with Gasteiger partial charge in [-0.3, -0.25) is 0 Å². The van der Waals surface area contributed by atoms with E-state index >= 15 is 0 Å². The van der Waals surface area contributed by atoms with Crippen molar-refractivity contribution < 1.29 is 8.81 Å². The maximum Gasteiger partial charge on any atom is 0.134 e. The van der Waals surface area contributed by atoms with Crippen molar-refractivity contribution in [2.45, 2.75) is 33.2 Å². The number of nitrogens with one attached hydrogen (secondary N) is 1. The van der Waals surface area contributed by atoms with Crippen LogP contribution in [0.3, 0.4) is 0 Å². The summed E-state index contributed by atoms with van der Waals surface area (Å²) in [4.78, 5) is 0. The molecular formula is C16H20FNO. The van der Waals surface area contributed by atoms with E-state index in [1.807, 2.05) is 18.2 Å². The van der Waals surface area contributed by atoms with Crippen LogP contribution < -0.4 is 5.32 Å². The number of likely N-dealkylation sites (N-methyl/N-ethyl adjacent to an activating group) is 1. The van der Waals surface area contributed by atoms with Gasteiger partial charge in [-0.25, -0.2) is 4.39 Å². The Hall–Kier alpha value is -1.61. The molecule has 2 aromatic rings. The Labute approximate surface area is 113 Å². The number of benzene rings is 1. The van der Waals surface area contributed by atoms with Crippen LogP contribution in [-0.4, -0.2) is 12.6 Å². The predicted octanol–water partition coefficient (Wildman–Crippen LogP) is 3.93. The Morgan fingerprint density at radius 3 is 2.74 bits per heavy atom. The van der Waals surface area contributed by atoms with Gasteiger partial charge in [0, 0.05) is 18.0 Å². The summed E-state index contributed by atoms with van der Waals surface area (Å²) in [6, 6.07) is 9.36. The number of hydrogen-bond acceptors (Lipinski definition) is 2. The van der Waals surface area contributed by atoms with E-state index in [0.29, 0.717) is 11.6 Å². The lowest BCUT2D eigenvalue weighted by Gasteiger charge is -2.09. The number of rotatable bonds is 5. The average Bonchev–Trinajstić information content (AvgIpc) is 2.81. The minimum Gasteiger partial charge on any atom is -0.461 e. The molecule has 2 rings (SSSR count). The Morgan fingerprint density at radius 2 is 2.05 bits per heavy atom. The first-order chi connectivity index (χ1) is 9.10. The molecular weight excluding hydrogens is 241 g/mol. The van der Waals surface area contributed by atoms with Crippen LogP contribution in [0, 0.1) is 12.7 Å². The Balaban J connectivity index is 2.14. The summed E-state index contributed by atoms with van der Waals surface area (Å²) in [7, 11) is 0. The topological polar surface area (TPSA) is 25.2 Å². The van der Waals surface area contributed by atoms with Crippen LogP contribution in [0.4, 0.5) is 4.39 Å². The fourth-order valence-corrected chi connectivity index (χ4v) is 2.16. The van der Waals surface area contributed by atoms with E-state index in [-0.39, 0.29) is 5.82 Å². The number of halogens is 1. The highest BCUT2D eigenvalue weighted by Crippen LogP contribution is 2.24. The van der Waals surface area contributed by atoms with Crippen molar-refractivity contribution in [3.8, 4) is 11.3 Å². The number of furan rings is 1. The summed E-state index contributed by atoms with van der Waals surface area (Å²) in [6.07, 6.45) is 0.855. The molecule has 0 aliphatic heterocycles. The van der Waals surface area contributed by atoms with Gasteiger partial charge >= 0.3 is 0 Å². The van der Waals surface area contributed by atoms with Crippen molar-refractivity contribution in [3.05, 3.63) is 47.5 Å². The summed E-state index contributed by atoms with van der Waals surface area (Å²) in [6.45, 7) is 6.93. The molecule has 0 saturated carbocycles. The fourth-order valence-electron chi connectivity index (χ4n) is 2.16. The van der Waals surface area contributed by atoms with Gasteiger partial charge in [0.25, 0.3) is 0 Å². The smallest absolute Gasteiger partial charge is 0.134 e. The zero-order chi connectivity index (χ0) is 13.8. The van der Waals surface area contributed by atoms with Crippen LogP contribution in [0.25, 0.3) is 11.3 Å². The highest BCUT2D eigenvalue weighted by Gasteiger charge is 2.09. The summed E-state index contributed by atoms with van der Waals surface area (Å²) in [5.74, 6) is 1.56. The molecule has 1 N–H and O–H groups in total. The maximum absolute atomic E-state index is 13.2. The average molecular weight is 261 g/mol. The summed E-state index contributed by atoms with van der Waals surface area (Å²) < 4.78 is 19.1. The molecule has 0 amide bonds. The normalized spacial score (nSPS) is 12.6. The molecule has 19 heavy (non-hydrogen) atoms. The van der Waals surface area contributed by atoms with Gasteiger partial charge in [-0.15, -0.1) is 0 Å². The molecule has 0 radical (unpaired) electrons. The van der Waals surface area contributed by atoms with Crippen molar-refractivity contribution in [2.24, 2.45) is 0 Å². The zero-order valence-electron chi connectivity index (χ0n) is 11.7. The highest BCUT2D eigenvalue weighted by atomic mass is 19.1.